The topological polar surface area (TPSA) is 82.7 Å². The van der Waals surface area contributed by atoms with Crippen LogP contribution in [0.2, 0.25) is 0 Å². The molecule has 0 atom stereocenters. The van der Waals surface area contributed by atoms with Crippen LogP contribution in [0.3, 0.4) is 0 Å². The molecular formula is C20H20N2O5. The summed E-state index contributed by atoms with van der Waals surface area (Å²) in [4.78, 5) is 24.1. The van der Waals surface area contributed by atoms with Gasteiger partial charge in [-0.2, -0.15) is 0 Å². The van der Waals surface area contributed by atoms with Gasteiger partial charge in [-0.3, -0.25) is 9.59 Å². The van der Waals surface area contributed by atoms with E-state index >= 15 is 0 Å². The van der Waals surface area contributed by atoms with Gasteiger partial charge < -0.3 is 23.8 Å². The lowest BCUT2D eigenvalue weighted by molar-refractivity contribution is 0.0921. The van der Waals surface area contributed by atoms with Gasteiger partial charge in [0.25, 0.3) is 11.5 Å². The van der Waals surface area contributed by atoms with Crippen LogP contribution >= 0.6 is 0 Å². The molecule has 0 fully saturated rings. The molecule has 2 heterocycles. The molecule has 7 nitrogen and oxygen atoms in total. The minimum atomic E-state index is -0.348. The maximum Gasteiger partial charge on any atom is 0.287 e. The van der Waals surface area contributed by atoms with Gasteiger partial charge in [0.1, 0.15) is 17.3 Å². The fraction of sp³-hybridized carbons (Fsp3) is 0.200. The summed E-state index contributed by atoms with van der Waals surface area (Å²) in [6.07, 6.45) is 1.67. The minimum Gasteiger partial charge on any atom is -0.497 e. The van der Waals surface area contributed by atoms with Crippen LogP contribution in [0.4, 0.5) is 0 Å². The van der Waals surface area contributed by atoms with Gasteiger partial charge in [-0.15, -0.1) is 0 Å². The van der Waals surface area contributed by atoms with Crippen LogP contribution in [0, 0.1) is 0 Å². The highest BCUT2D eigenvalue weighted by atomic mass is 16.5. The summed E-state index contributed by atoms with van der Waals surface area (Å²) in [6.45, 7) is 0.541. The van der Waals surface area contributed by atoms with E-state index in [1.54, 1.807) is 56.8 Å². The number of hydrogen-bond acceptors (Lipinski definition) is 5. The summed E-state index contributed by atoms with van der Waals surface area (Å²) in [5.41, 5.74) is 0.681. The van der Waals surface area contributed by atoms with Crippen molar-refractivity contribution >= 4 is 5.91 Å². The van der Waals surface area contributed by atoms with E-state index in [1.165, 1.54) is 10.6 Å². The van der Waals surface area contributed by atoms with Crippen molar-refractivity contribution < 1.29 is 18.7 Å². The van der Waals surface area contributed by atoms with Crippen LogP contribution in [0.15, 0.2) is 63.9 Å². The first kappa shape index (κ1) is 18.3. The molecule has 1 aromatic carbocycles. The van der Waals surface area contributed by atoms with Crippen molar-refractivity contribution in [1.82, 2.24) is 9.88 Å². The summed E-state index contributed by atoms with van der Waals surface area (Å²) in [5, 5.41) is 2.79. The monoisotopic (exact) mass is 368 g/mol. The normalized spacial score (nSPS) is 10.4. The molecule has 1 N–H and O–H groups in total. The average Bonchev–Trinajstić information content (AvgIpc) is 3.16. The number of ether oxygens (including phenoxy) is 2. The van der Waals surface area contributed by atoms with Crippen LogP contribution in [-0.4, -0.2) is 24.7 Å². The molecular weight excluding hydrogens is 348 g/mol. The predicted octanol–water partition coefficient (Wildman–Crippen LogP) is 2.44. The number of hydrogen-bond donors (Lipinski definition) is 1. The zero-order valence-electron chi connectivity index (χ0n) is 15.1. The van der Waals surface area contributed by atoms with Crippen molar-refractivity contribution in [3.05, 3.63) is 82.2 Å². The summed E-state index contributed by atoms with van der Waals surface area (Å²) < 4.78 is 17.5. The zero-order valence-corrected chi connectivity index (χ0v) is 15.1. The number of carbonyl (C=O) groups excluding carboxylic acids is 1. The first-order valence-electron chi connectivity index (χ1n) is 8.34. The van der Waals surface area contributed by atoms with Gasteiger partial charge >= 0.3 is 0 Å². The Hall–Kier alpha value is -3.48. The molecule has 0 saturated heterocycles. The summed E-state index contributed by atoms with van der Waals surface area (Å²) in [7, 11) is 3.14. The quantitative estimate of drug-likeness (QED) is 0.693. The fourth-order valence-electron chi connectivity index (χ4n) is 2.60. The third-order valence-corrected chi connectivity index (χ3v) is 4.04. The molecule has 0 saturated carbocycles. The van der Waals surface area contributed by atoms with Gasteiger partial charge in [0.2, 0.25) is 0 Å². The van der Waals surface area contributed by atoms with Gasteiger partial charge in [0, 0.05) is 30.4 Å². The third-order valence-electron chi connectivity index (χ3n) is 4.04. The van der Waals surface area contributed by atoms with Gasteiger partial charge in [-0.1, -0.05) is 6.07 Å². The Labute approximate surface area is 156 Å². The SMILES string of the molecule is COc1ccc(CNC(=O)c2ccc(Cn3ccccc3=O)o2)c(OC)c1. The number of amides is 1. The zero-order chi connectivity index (χ0) is 19.2. The van der Waals surface area contributed by atoms with Crippen molar-refractivity contribution in [2.45, 2.75) is 13.1 Å². The number of methoxy groups -OCH3 is 2. The standard InChI is InChI=1S/C20H20N2O5/c1-25-15-7-6-14(18(11-15)26-2)12-21-20(24)17-9-8-16(27-17)13-22-10-4-3-5-19(22)23/h3-11H,12-13H2,1-2H3,(H,21,24). The molecule has 140 valence electrons. The lowest BCUT2D eigenvalue weighted by Crippen LogP contribution is -2.22. The van der Waals surface area contributed by atoms with Crippen LogP contribution in [0.1, 0.15) is 21.9 Å². The van der Waals surface area contributed by atoms with Gasteiger partial charge in [-0.05, 0) is 30.3 Å². The van der Waals surface area contributed by atoms with Crippen LogP contribution in [-0.2, 0) is 13.1 Å². The molecule has 0 bridgehead atoms. The average molecular weight is 368 g/mol. The second-order valence-electron chi connectivity index (χ2n) is 5.79. The molecule has 0 spiro atoms. The Bertz CT molecular complexity index is 990. The van der Waals surface area contributed by atoms with Gasteiger partial charge in [-0.25, -0.2) is 0 Å². The lowest BCUT2D eigenvalue weighted by atomic mass is 10.2. The molecule has 3 rings (SSSR count). The molecule has 2 aromatic heterocycles. The molecule has 0 aliphatic rings. The molecule has 0 radical (unpaired) electrons. The summed E-state index contributed by atoms with van der Waals surface area (Å²) >= 11 is 0. The van der Waals surface area contributed by atoms with E-state index in [9.17, 15) is 9.59 Å². The number of rotatable bonds is 7. The van der Waals surface area contributed by atoms with Crippen molar-refractivity contribution in [3.63, 3.8) is 0 Å². The Morgan fingerprint density at radius 1 is 1.11 bits per heavy atom. The Morgan fingerprint density at radius 3 is 2.70 bits per heavy atom. The molecule has 1 amide bonds. The van der Waals surface area contributed by atoms with Crippen LogP contribution in [0.25, 0.3) is 0 Å². The predicted molar refractivity (Wildman–Crippen MR) is 99.2 cm³/mol. The third kappa shape index (κ3) is 4.38. The maximum absolute atomic E-state index is 12.3. The Balaban J connectivity index is 1.65. The molecule has 0 aliphatic carbocycles. The van der Waals surface area contributed by atoms with E-state index in [0.29, 0.717) is 17.3 Å². The number of aromatic nitrogens is 1. The number of pyridine rings is 1. The van der Waals surface area contributed by atoms with Crippen LogP contribution in [0.5, 0.6) is 11.5 Å². The smallest absolute Gasteiger partial charge is 0.287 e. The molecule has 3 aromatic rings. The van der Waals surface area contributed by atoms with E-state index < -0.39 is 0 Å². The highest BCUT2D eigenvalue weighted by molar-refractivity contribution is 5.91. The number of nitrogens with zero attached hydrogens (tertiary/aromatic N) is 1. The van der Waals surface area contributed by atoms with E-state index in [-0.39, 0.29) is 30.3 Å². The van der Waals surface area contributed by atoms with Crippen molar-refractivity contribution in [2.75, 3.05) is 14.2 Å². The van der Waals surface area contributed by atoms with Crippen molar-refractivity contribution in [3.8, 4) is 11.5 Å². The van der Waals surface area contributed by atoms with E-state index in [1.807, 2.05) is 6.07 Å². The molecule has 0 unspecified atom stereocenters. The Kier molecular flexibility index (Phi) is 5.61. The van der Waals surface area contributed by atoms with Crippen molar-refractivity contribution in [2.24, 2.45) is 0 Å². The Morgan fingerprint density at radius 2 is 1.96 bits per heavy atom. The fourth-order valence-corrected chi connectivity index (χ4v) is 2.60. The molecule has 27 heavy (non-hydrogen) atoms. The number of nitrogens with one attached hydrogen (secondary N) is 1. The van der Waals surface area contributed by atoms with Crippen LogP contribution < -0.4 is 20.3 Å². The summed E-state index contributed by atoms with van der Waals surface area (Å²) in [6, 6.07) is 13.6. The highest BCUT2D eigenvalue weighted by Gasteiger charge is 2.13. The largest absolute Gasteiger partial charge is 0.497 e. The van der Waals surface area contributed by atoms with Crippen molar-refractivity contribution in [1.29, 1.82) is 0 Å². The lowest BCUT2D eigenvalue weighted by Gasteiger charge is -2.10. The first-order valence-corrected chi connectivity index (χ1v) is 8.34. The second-order valence-corrected chi connectivity index (χ2v) is 5.79. The first-order chi connectivity index (χ1) is 13.1. The summed E-state index contributed by atoms with van der Waals surface area (Å²) in [5.74, 6) is 1.66. The van der Waals surface area contributed by atoms with Gasteiger partial charge in [0.15, 0.2) is 5.76 Å². The number of benzene rings is 1. The number of carbonyl (C=O) groups is 1. The van der Waals surface area contributed by atoms with Gasteiger partial charge in [0.05, 0.1) is 20.8 Å². The molecule has 0 aliphatic heterocycles. The van der Waals surface area contributed by atoms with E-state index in [0.717, 1.165) is 5.56 Å². The highest BCUT2D eigenvalue weighted by Crippen LogP contribution is 2.24. The molecule has 7 heteroatoms. The van der Waals surface area contributed by atoms with E-state index in [2.05, 4.69) is 5.32 Å². The minimum absolute atomic E-state index is 0.133. The second kappa shape index (κ2) is 8.27. The van der Waals surface area contributed by atoms with E-state index in [4.69, 9.17) is 13.9 Å². The number of furan rings is 1. The maximum atomic E-state index is 12.3.